The number of carbonyl (C=O) groups excluding carboxylic acids is 1. The molecule has 154 valence electrons. The first-order valence-electron chi connectivity index (χ1n) is 10.5. The third-order valence-electron chi connectivity index (χ3n) is 6.53. The molecule has 2 aromatic carbocycles. The molecule has 1 amide bonds. The number of methoxy groups -OCH3 is 1. The quantitative estimate of drug-likeness (QED) is 0.801. The molecule has 1 N–H and O–H groups in total. The molecule has 2 fully saturated rings. The van der Waals surface area contributed by atoms with Gasteiger partial charge in [0.2, 0.25) is 5.91 Å². The van der Waals surface area contributed by atoms with Gasteiger partial charge in [-0.1, -0.05) is 36.8 Å². The van der Waals surface area contributed by atoms with Crippen LogP contribution in [0, 0.1) is 5.82 Å². The predicted molar refractivity (Wildman–Crippen MR) is 111 cm³/mol. The number of hydrogen-bond acceptors (Lipinski definition) is 3. The highest BCUT2D eigenvalue weighted by molar-refractivity contribution is 5.89. The highest BCUT2D eigenvalue weighted by Gasteiger charge is 2.46. The zero-order valence-corrected chi connectivity index (χ0v) is 17.0. The lowest BCUT2D eigenvalue weighted by atomic mass is 9.63. The van der Waals surface area contributed by atoms with E-state index in [1.54, 1.807) is 13.2 Å². The van der Waals surface area contributed by atoms with Crippen LogP contribution in [0.4, 0.5) is 4.39 Å². The fourth-order valence-corrected chi connectivity index (χ4v) is 4.60. The Morgan fingerprint density at radius 1 is 1.17 bits per heavy atom. The van der Waals surface area contributed by atoms with E-state index in [9.17, 15) is 9.18 Å². The number of para-hydroxylation sites is 1. The van der Waals surface area contributed by atoms with Gasteiger partial charge in [-0.3, -0.25) is 9.69 Å². The van der Waals surface area contributed by atoms with Crippen molar-refractivity contribution in [3.63, 3.8) is 0 Å². The number of amides is 1. The Bertz CT molecular complexity index is 857. The highest BCUT2D eigenvalue weighted by Crippen LogP contribution is 2.44. The molecular formula is C24H29FN2O2. The summed E-state index contributed by atoms with van der Waals surface area (Å²) in [6.07, 6.45) is 4.48. The Kier molecular flexibility index (Phi) is 5.86. The fraction of sp³-hybridized carbons (Fsp3) is 0.458. The first-order valence-corrected chi connectivity index (χ1v) is 10.5. The second kappa shape index (κ2) is 8.54. The van der Waals surface area contributed by atoms with Crippen molar-refractivity contribution in [2.45, 2.75) is 50.1 Å². The topological polar surface area (TPSA) is 41.6 Å². The minimum atomic E-state index is -0.545. The van der Waals surface area contributed by atoms with Crippen LogP contribution < -0.4 is 10.1 Å². The van der Waals surface area contributed by atoms with Gasteiger partial charge in [0.05, 0.1) is 12.5 Å². The van der Waals surface area contributed by atoms with E-state index in [2.05, 4.69) is 16.3 Å². The highest BCUT2D eigenvalue weighted by atomic mass is 19.1. The molecule has 0 atom stereocenters. The van der Waals surface area contributed by atoms with Crippen molar-refractivity contribution in [1.29, 1.82) is 0 Å². The van der Waals surface area contributed by atoms with Gasteiger partial charge < -0.3 is 10.1 Å². The van der Waals surface area contributed by atoms with Gasteiger partial charge in [0.15, 0.2) is 0 Å². The maximum atomic E-state index is 13.7. The molecule has 0 spiro atoms. The van der Waals surface area contributed by atoms with Crippen LogP contribution in [0.1, 0.15) is 43.2 Å². The van der Waals surface area contributed by atoms with Crippen molar-refractivity contribution >= 4 is 5.91 Å². The minimum absolute atomic E-state index is 0.0672. The van der Waals surface area contributed by atoms with Gasteiger partial charge in [0, 0.05) is 31.2 Å². The average molecular weight is 397 g/mol. The largest absolute Gasteiger partial charge is 0.496 e. The average Bonchev–Trinajstić information content (AvgIpc) is 2.69. The fourth-order valence-electron chi connectivity index (χ4n) is 4.60. The van der Waals surface area contributed by atoms with Crippen LogP contribution in [-0.4, -0.2) is 37.0 Å². The number of benzene rings is 2. The van der Waals surface area contributed by atoms with E-state index in [0.29, 0.717) is 0 Å². The van der Waals surface area contributed by atoms with E-state index >= 15 is 0 Å². The molecule has 4 rings (SSSR count). The molecule has 5 heteroatoms. The summed E-state index contributed by atoms with van der Waals surface area (Å²) in [5, 5.41) is 3.27. The number of rotatable bonds is 6. The first-order chi connectivity index (χ1) is 14.1. The van der Waals surface area contributed by atoms with Gasteiger partial charge in [-0.15, -0.1) is 0 Å². The molecule has 1 heterocycles. The number of halogens is 1. The number of nitrogens with one attached hydrogen (secondary N) is 1. The molecular weight excluding hydrogens is 367 g/mol. The summed E-state index contributed by atoms with van der Waals surface area (Å²) < 4.78 is 19.2. The second-order valence-corrected chi connectivity index (χ2v) is 8.28. The summed E-state index contributed by atoms with van der Waals surface area (Å²) in [6, 6.07) is 14.8. The molecule has 0 aromatic heterocycles. The lowest BCUT2D eigenvalue weighted by molar-refractivity contribution is -0.131. The van der Waals surface area contributed by atoms with Crippen LogP contribution in [0.3, 0.4) is 0 Å². The number of carbonyl (C=O) groups is 1. The summed E-state index contributed by atoms with van der Waals surface area (Å²) in [5.74, 6) is 0.716. The number of ether oxygens (including phenoxy) is 1. The van der Waals surface area contributed by atoms with Crippen molar-refractivity contribution in [2.24, 2.45) is 0 Å². The van der Waals surface area contributed by atoms with Crippen LogP contribution in [0.15, 0.2) is 48.5 Å². The van der Waals surface area contributed by atoms with E-state index in [-0.39, 0.29) is 17.8 Å². The lowest BCUT2D eigenvalue weighted by Gasteiger charge is -2.42. The van der Waals surface area contributed by atoms with Crippen LogP contribution >= 0.6 is 0 Å². The Morgan fingerprint density at radius 3 is 2.59 bits per heavy atom. The first kappa shape index (κ1) is 19.9. The van der Waals surface area contributed by atoms with Crippen molar-refractivity contribution in [2.75, 3.05) is 20.2 Å². The van der Waals surface area contributed by atoms with Gasteiger partial charge >= 0.3 is 0 Å². The molecule has 0 radical (unpaired) electrons. The van der Waals surface area contributed by atoms with Crippen LogP contribution in [0.5, 0.6) is 5.75 Å². The molecule has 1 aliphatic carbocycles. The zero-order valence-electron chi connectivity index (χ0n) is 17.0. The van der Waals surface area contributed by atoms with E-state index < -0.39 is 5.41 Å². The Balaban J connectivity index is 1.34. The third-order valence-corrected chi connectivity index (χ3v) is 6.53. The van der Waals surface area contributed by atoms with Crippen LogP contribution in [-0.2, 0) is 16.8 Å². The smallest absolute Gasteiger partial charge is 0.230 e. The van der Waals surface area contributed by atoms with Gasteiger partial charge in [-0.25, -0.2) is 4.39 Å². The van der Waals surface area contributed by atoms with Crippen LogP contribution in [0.2, 0.25) is 0 Å². The van der Waals surface area contributed by atoms with Gasteiger partial charge in [0.25, 0.3) is 0 Å². The van der Waals surface area contributed by atoms with Gasteiger partial charge in [-0.05, 0) is 49.4 Å². The number of nitrogens with zero attached hydrogens (tertiary/aromatic N) is 1. The van der Waals surface area contributed by atoms with E-state index in [1.807, 2.05) is 24.3 Å². The Labute approximate surface area is 172 Å². The third kappa shape index (κ3) is 4.15. The minimum Gasteiger partial charge on any atom is -0.496 e. The summed E-state index contributed by atoms with van der Waals surface area (Å²) in [5.41, 5.74) is 1.46. The normalized spacial score (nSPS) is 19.4. The standard InChI is InChI=1S/C24H29FN2O2/c1-29-22-9-3-2-6-18(22)17-27-14-10-21(11-15-27)26-23(28)24(12-5-13-24)19-7-4-8-20(25)16-19/h2-4,6-9,16,21H,5,10-15,17H2,1H3,(H,26,28). The van der Waals surface area contributed by atoms with E-state index in [4.69, 9.17) is 4.74 Å². The number of likely N-dealkylation sites (tertiary alicyclic amines) is 1. The number of hydrogen-bond donors (Lipinski definition) is 1. The zero-order chi connectivity index (χ0) is 20.3. The summed E-state index contributed by atoms with van der Waals surface area (Å²) in [7, 11) is 1.70. The molecule has 29 heavy (non-hydrogen) atoms. The molecule has 4 nitrogen and oxygen atoms in total. The summed E-state index contributed by atoms with van der Waals surface area (Å²) in [6.45, 7) is 2.74. The van der Waals surface area contributed by atoms with E-state index in [0.717, 1.165) is 63.1 Å². The van der Waals surface area contributed by atoms with Crippen molar-refractivity contribution in [3.05, 3.63) is 65.5 Å². The Hall–Kier alpha value is -2.40. The monoisotopic (exact) mass is 396 g/mol. The Morgan fingerprint density at radius 2 is 1.93 bits per heavy atom. The SMILES string of the molecule is COc1ccccc1CN1CCC(NC(=O)C2(c3cccc(F)c3)CCC2)CC1. The van der Waals surface area contributed by atoms with Gasteiger partial charge in [-0.2, -0.15) is 0 Å². The van der Waals surface area contributed by atoms with Crippen molar-refractivity contribution in [1.82, 2.24) is 10.2 Å². The molecule has 0 bridgehead atoms. The second-order valence-electron chi connectivity index (χ2n) is 8.28. The maximum Gasteiger partial charge on any atom is 0.230 e. The molecule has 2 aliphatic rings. The number of piperidine rings is 1. The molecule has 2 aromatic rings. The molecule has 1 saturated carbocycles. The van der Waals surface area contributed by atoms with E-state index in [1.165, 1.54) is 17.7 Å². The van der Waals surface area contributed by atoms with Crippen LogP contribution in [0.25, 0.3) is 0 Å². The lowest BCUT2D eigenvalue weighted by Crippen LogP contribution is -2.54. The van der Waals surface area contributed by atoms with Crippen molar-refractivity contribution in [3.8, 4) is 5.75 Å². The summed E-state index contributed by atoms with van der Waals surface area (Å²) in [4.78, 5) is 15.5. The molecule has 0 unspecified atom stereocenters. The predicted octanol–water partition coefficient (Wildman–Crippen LogP) is 4.04. The molecule has 1 saturated heterocycles. The molecule has 1 aliphatic heterocycles. The summed E-state index contributed by atoms with van der Waals surface area (Å²) >= 11 is 0. The van der Waals surface area contributed by atoms with Gasteiger partial charge in [0.1, 0.15) is 11.6 Å². The van der Waals surface area contributed by atoms with Crippen molar-refractivity contribution < 1.29 is 13.9 Å². The maximum absolute atomic E-state index is 13.7.